The number of amides is 2. The van der Waals surface area contributed by atoms with Gasteiger partial charge in [-0.3, -0.25) is 9.59 Å². The second-order valence-electron chi connectivity index (χ2n) is 5.90. The summed E-state index contributed by atoms with van der Waals surface area (Å²) in [5.74, 6) is -0.0260. The third-order valence-electron chi connectivity index (χ3n) is 3.83. The first kappa shape index (κ1) is 20.2. The van der Waals surface area contributed by atoms with Gasteiger partial charge < -0.3 is 20.1 Å². The molecule has 0 fully saturated rings. The van der Waals surface area contributed by atoms with Crippen LogP contribution < -0.4 is 15.4 Å². The van der Waals surface area contributed by atoms with E-state index in [2.05, 4.69) is 10.6 Å². The van der Waals surface area contributed by atoms with Crippen LogP contribution in [0.25, 0.3) is 6.08 Å². The van der Waals surface area contributed by atoms with Gasteiger partial charge in [0.1, 0.15) is 11.4 Å². The van der Waals surface area contributed by atoms with E-state index in [-0.39, 0.29) is 17.5 Å². The van der Waals surface area contributed by atoms with Crippen LogP contribution in [0.4, 0.5) is 0 Å². The summed E-state index contributed by atoms with van der Waals surface area (Å²) in [6, 6.07) is 14.3. The maximum Gasteiger partial charge on any atom is 0.267 e. The van der Waals surface area contributed by atoms with Crippen molar-refractivity contribution in [3.63, 3.8) is 0 Å². The number of hydrogen-bond donors (Lipinski definition) is 2. The largest absolute Gasteiger partial charge is 0.497 e. The Balaban J connectivity index is 2.22. The van der Waals surface area contributed by atoms with Crippen molar-refractivity contribution in [3.05, 3.63) is 70.9 Å². The second kappa shape index (κ2) is 10.1. The lowest BCUT2D eigenvalue weighted by Gasteiger charge is -2.11. The summed E-state index contributed by atoms with van der Waals surface area (Å²) in [5.41, 5.74) is 2.45. The molecule has 0 atom stereocenters. The van der Waals surface area contributed by atoms with Gasteiger partial charge in [-0.15, -0.1) is 0 Å². The average molecular weight is 368 g/mol. The van der Waals surface area contributed by atoms with Crippen LogP contribution in [0.15, 0.2) is 54.2 Å². The first-order valence-electron chi connectivity index (χ1n) is 8.54. The van der Waals surface area contributed by atoms with Crippen LogP contribution in [0.2, 0.25) is 0 Å². The van der Waals surface area contributed by atoms with Crippen LogP contribution in [-0.4, -0.2) is 39.2 Å². The van der Waals surface area contributed by atoms with E-state index in [1.807, 2.05) is 19.1 Å². The quantitative estimate of drug-likeness (QED) is 0.555. The summed E-state index contributed by atoms with van der Waals surface area (Å²) in [7, 11) is 3.14. The Hall–Kier alpha value is -3.12. The highest BCUT2D eigenvalue weighted by atomic mass is 16.5. The molecule has 0 aliphatic rings. The van der Waals surface area contributed by atoms with Crippen molar-refractivity contribution in [2.45, 2.75) is 6.92 Å². The minimum atomic E-state index is -0.386. The highest BCUT2D eigenvalue weighted by Crippen LogP contribution is 2.14. The molecule has 0 saturated heterocycles. The van der Waals surface area contributed by atoms with Gasteiger partial charge in [0, 0.05) is 19.2 Å². The fourth-order valence-corrected chi connectivity index (χ4v) is 2.29. The average Bonchev–Trinajstić information content (AvgIpc) is 2.68. The Kier molecular flexibility index (Phi) is 7.58. The molecule has 0 heterocycles. The molecule has 2 rings (SSSR count). The Morgan fingerprint density at radius 1 is 1.00 bits per heavy atom. The van der Waals surface area contributed by atoms with E-state index in [1.54, 1.807) is 56.7 Å². The van der Waals surface area contributed by atoms with E-state index >= 15 is 0 Å². The fourth-order valence-electron chi connectivity index (χ4n) is 2.29. The minimum Gasteiger partial charge on any atom is -0.497 e. The van der Waals surface area contributed by atoms with Crippen LogP contribution in [0.5, 0.6) is 5.75 Å². The van der Waals surface area contributed by atoms with Crippen molar-refractivity contribution in [2.24, 2.45) is 0 Å². The third kappa shape index (κ3) is 6.27. The van der Waals surface area contributed by atoms with Gasteiger partial charge in [0.05, 0.1) is 13.7 Å². The summed E-state index contributed by atoms with van der Waals surface area (Å²) >= 11 is 0. The third-order valence-corrected chi connectivity index (χ3v) is 3.83. The van der Waals surface area contributed by atoms with Crippen molar-refractivity contribution in [3.8, 4) is 5.75 Å². The number of aryl methyl sites for hydroxylation is 1. The molecule has 27 heavy (non-hydrogen) atoms. The van der Waals surface area contributed by atoms with Gasteiger partial charge in [-0.2, -0.15) is 0 Å². The topological polar surface area (TPSA) is 76.7 Å². The van der Waals surface area contributed by atoms with E-state index in [9.17, 15) is 9.59 Å². The summed E-state index contributed by atoms with van der Waals surface area (Å²) in [4.78, 5) is 25.0. The number of carbonyl (C=O) groups is 2. The molecule has 6 heteroatoms. The van der Waals surface area contributed by atoms with Crippen molar-refractivity contribution in [1.82, 2.24) is 10.6 Å². The second-order valence-corrected chi connectivity index (χ2v) is 5.90. The molecule has 0 unspecified atom stereocenters. The van der Waals surface area contributed by atoms with Gasteiger partial charge in [-0.25, -0.2) is 0 Å². The lowest BCUT2D eigenvalue weighted by molar-refractivity contribution is -0.117. The monoisotopic (exact) mass is 368 g/mol. The molecule has 0 aromatic heterocycles. The smallest absolute Gasteiger partial charge is 0.267 e. The zero-order valence-corrected chi connectivity index (χ0v) is 15.7. The number of methoxy groups -OCH3 is 2. The van der Waals surface area contributed by atoms with Crippen LogP contribution in [0, 0.1) is 6.92 Å². The Morgan fingerprint density at radius 2 is 1.67 bits per heavy atom. The molecule has 2 aromatic carbocycles. The molecule has 0 aliphatic carbocycles. The summed E-state index contributed by atoms with van der Waals surface area (Å²) < 4.78 is 10.1. The van der Waals surface area contributed by atoms with Crippen LogP contribution in [0.1, 0.15) is 21.5 Å². The van der Waals surface area contributed by atoms with Crippen LogP contribution >= 0.6 is 0 Å². The maximum absolute atomic E-state index is 12.5. The maximum atomic E-state index is 12.5. The molecule has 0 saturated carbocycles. The number of hydrogen-bond acceptors (Lipinski definition) is 4. The molecule has 0 bridgehead atoms. The number of benzene rings is 2. The summed E-state index contributed by atoms with van der Waals surface area (Å²) in [5, 5.41) is 5.42. The van der Waals surface area contributed by atoms with Gasteiger partial charge in [0.15, 0.2) is 0 Å². The van der Waals surface area contributed by atoms with Gasteiger partial charge in [-0.05, 0) is 42.8 Å². The van der Waals surface area contributed by atoms with E-state index in [1.165, 1.54) is 0 Å². The van der Waals surface area contributed by atoms with E-state index in [0.29, 0.717) is 24.5 Å². The SMILES string of the molecule is COCCNC(=O)/C(=C\c1ccc(OC)cc1)NC(=O)c1ccc(C)cc1. The number of carbonyl (C=O) groups excluding carboxylic acids is 2. The molecule has 2 aromatic rings. The Bertz CT molecular complexity index is 796. The zero-order chi connectivity index (χ0) is 19.6. The van der Waals surface area contributed by atoms with Gasteiger partial charge in [0.2, 0.25) is 0 Å². The van der Waals surface area contributed by atoms with E-state index in [0.717, 1.165) is 11.1 Å². The molecule has 2 amide bonds. The zero-order valence-electron chi connectivity index (χ0n) is 15.7. The number of ether oxygens (including phenoxy) is 2. The highest BCUT2D eigenvalue weighted by Gasteiger charge is 2.14. The normalized spacial score (nSPS) is 11.0. The summed E-state index contributed by atoms with van der Waals surface area (Å²) in [6.45, 7) is 2.67. The minimum absolute atomic E-state index is 0.154. The van der Waals surface area contributed by atoms with E-state index in [4.69, 9.17) is 9.47 Å². The Morgan fingerprint density at radius 3 is 2.26 bits per heavy atom. The number of nitrogens with one attached hydrogen (secondary N) is 2. The fraction of sp³-hybridized carbons (Fsp3) is 0.238. The van der Waals surface area contributed by atoms with E-state index < -0.39 is 0 Å². The van der Waals surface area contributed by atoms with Gasteiger partial charge in [-0.1, -0.05) is 29.8 Å². The van der Waals surface area contributed by atoms with Gasteiger partial charge in [0.25, 0.3) is 11.8 Å². The molecule has 2 N–H and O–H groups in total. The lowest BCUT2D eigenvalue weighted by Crippen LogP contribution is -2.36. The predicted octanol–water partition coefficient (Wildman–Crippen LogP) is 2.54. The Labute approximate surface area is 159 Å². The van der Waals surface area contributed by atoms with Gasteiger partial charge >= 0.3 is 0 Å². The van der Waals surface area contributed by atoms with Crippen molar-refractivity contribution < 1.29 is 19.1 Å². The lowest BCUT2D eigenvalue weighted by atomic mass is 10.1. The van der Waals surface area contributed by atoms with Crippen LogP contribution in [-0.2, 0) is 9.53 Å². The molecule has 0 aliphatic heterocycles. The standard InChI is InChI=1S/C21H24N2O4/c1-15-4-8-17(9-5-15)20(24)23-19(21(25)22-12-13-26-2)14-16-6-10-18(27-3)11-7-16/h4-11,14H,12-13H2,1-3H3,(H,22,25)(H,23,24)/b19-14+. The van der Waals surface area contributed by atoms with Crippen molar-refractivity contribution in [2.75, 3.05) is 27.4 Å². The first-order chi connectivity index (χ1) is 13.0. The highest BCUT2D eigenvalue weighted by molar-refractivity contribution is 6.05. The number of rotatable bonds is 8. The first-order valence-corrected chi connectivity index (χ1v) is 8.54. The molecule has 0 spiro atoms. The molecule has 0 radical (unpaired) electrons. The van der Waals surface area contributed by atoms with Crippen molar-refractivity contribution in [1.29, 1.82) is 0 Å². The molecule has 6 nitrogen and oxygen atoms in total. The molecule has 142 valence electrons. The molecular formula is C21H24N2O4. The molecular weight excluding hydrogens is 344 g/mol. The van der Waals surface area contributed by atoms with Crippen LogP contribution in [0.3, 0.4) is 0 Å². The van der Waals surface area contributed by atoms with Crippen molar-refractivity contribution >= 4 is 17.9 Å². The predicted molar refractivity (Wildman–Crippen MR) is 105 cm³/mol. The summed E-state index contributed by atoms with van der Waals surface area (Å²) in [6.07, 6.45) is 1.62.